The zero-order chi connectivity index (χ0) is 11.3. The van der Waals surface area contributed by atoms with Crippen LogP contribution in [0, 0.1) is 27.8 Å². The van der Waals surface area contributed by atoms with Gasteiger partial charge in [0.25, 0.3) is 0 Å². The molecule has 0 unspecified atom stereocenters. The molecule has 1 aromatic rings. The van der Waals surface area contributed by atoms with Crippen molar-refractivity contribution in [3.8, 4) is 11.8 Å². The highest BCUT2D eigenvalue weighted by Crippen LogP contribution is 2.21. The van der Waals surface area contributed by atoms with Crippen LogP contribution in [0.25, 0.3) is 0 Å². The molecule has 0 fully saturated rings. The fourth-order valence-electron chi connectivity index (χ4n) is 1.01. The quantitative estimate of drug-likeness (QED) is 0.337. The number of para-hydroxylation sites is 1. The molecule has 1 rings (SSSR count). The van der Waals surface area contributed by atoms with E-state index in [-0.39, 0.29) is 5.56 Å². The van der Waals surface area contributed by atoms with Crippen LogP contribution in [0.15, 0.2) is 18.2 Å². The molecule has 3 nitrogen and oxygen atoms in total. The third-order valence-corrected chi connectivity index (χ3v) is 1.80. The number of hydrogen-bond donors (Lipinski definition) is 0. The smallest absolute Gasteiger partial charge is 0.258 e. The molecular formula is C10H7ClFNO2. The number of rotatable bonds is 2. The second-order valence-electron chi connectivity index (χ2n) is 2.63. The van der Waals surface area contributed by atoms with E-state index in [2.05, 4.69) is 11.8 Å². The summed E-state index contributed by atoms with van der Waals surface area (Å²) in [5.41, 5.74) is -0.510. The summed E-state index contributed by atoms with van der Waals surface area (Å²) < 4.78 is 13.1. The number of halogens is 2. The van der Waals surface area contributed by atoms with Gasteiger partial charge < -0.3 is 0 Å². The second-order valence-corrected chi connectivity index (χ2v) is 3.01. The van der Waals surface area contributed by atoms with Crippen molar-refractivity contribution in [3.63, 3.8) is 0 Å². The Kier molecular flexibility index (Phi) is 4.07. The van der Waals surface area contributed by atoms with Gasteiger partial charge in [-0.3, -0.25) is 10.1 Å². The number of benzene rings is 1. The number of nitro benzene ring substituents is 1. The van der Waals surface area contributed by atoms with Crippen LogP contribution in [0.1, 0.15) is 12.0 Å². The van der Waals surface area contributed by atoms with Crippen LogP contribution in [-0.2, 0) is 0 Å². The van der Waals surface area contributed by atoms with Crippen molar-refractivity contribution in [1.82, 2.24) is 0 Å². The van der Waals surface area contributed by atoms with E-state index in [1.54, 1.807) is 0 Å². The molecular weight excluding hydrogens is 221 g/mol. The maximum atomic E-state index is 13.1. The van der Waals surface area contributed by atoms with Gasteiger partial charge in [-0.15, -0.1) is 11.6 Å². The highest BCUT2D eigenvalue weighted by molar-refractivity contribution is 6.18. The highest BCUT2D eigenvalue weighted by Gasteiger charge is 2.17. The van der Waals surface area contributed by atoms with Crippen LogP contribution in [0.3, 0.4) is 0 Å². The molecule has 0 aliphatic heterocycles. The van der Waals surface area contributed by atoms with E-state index in [4.69, 9.17) is 11.6 Å². The number of nitrogens with zero attached hydrogens (tertiary/aromatic N) is 1. The predicted octanol–water partition coefficient (Wildman–Crippen LogP) is 2.71. The molecule has 0 spiro atoms. The number of nitro groups is 1. The Bertz CT molecular complexity index is 437. The molecule has 0 N–H and O–H groups in total. The minimum Gasteiger partial charge on any atom is -0.258 e. The minimum atomic E-state index is -0.877. The summed E-state index contributed by atoms with van der Waals surface area (Å²) in [6.45, 7) is 0. The first kappa shape index (κ1) is 11.5. The van der Waals surface area contributed by atoms with Crippen molar-refractivity contribution in [2.45, 2.75) is 6.42 Å². The van der Waals surface area contributed by atoms with Gasteiger partial charge >= 0.3 is 5.69 Å². The maximum Gasteiger partial charge on any atom is 0.320 e. The molecule has 15 heavy (non-hydrogen) atoms. The molecule has 0 aromatic heterocycles. The van der Waals surface area contributed by atoms with Gasteiger partial charge in [0.05, 0.1) is 4.92 Å². The Morgan fingerprint density at radius 2 is 2.27 bits per heavy atom. The molecule has 5 heteroatoms. The van der Waals surface area contributed by atoms with Crippen LogP contribution in [0.5, 0.6) is 0 Å². The summed E-state index contributed by atoms with van der Waals surface area (Å²) in [4.78, 5) is 9.77. The number of hydrogen-bond acceptors (Lipinski definition) is 2. The topological polar surface area (TPSA) is 43.1 Å². The van der Waals surface area contributed by atoms with Crippen molar-refractivity contribution >= 4 is 17.3 Å². The average molecular weight is 228 g/mol. The maximum absolute atomic E-state index is 13.1. The van der Waals surface area contributed by atoms with Crippen molar-refractivity contribution in [3.05, 3.63) is 39.7 Å². The normalized spacial score (nSPS) is 9.20. The van der Waals surface area contributed by atoms with Gasteiger partial charge in [-0.1, -0.05) is 17.9 Å². The fourth-order valence-corrected chi connectivity index (χ4v) is 1.10. The standard InChI is InChI=1S/C10H7ClFNO2/c11-7-2-1-4-8-5-3-6-9(12)10(8)13(14)15/h3,5-6H,2,7H2. The SMILES string of the molecule is O=[N+]([O-])c1c(F)cccc1C#CCCCl. The summed E-state index contributed by atoms with van der Waals surface area (Å²) in [7, 11) is 0. The van der Waals surface area contributed by atoms with Gasteiger partial charge in [0.1, 0.15) is 5.56 Å². The van der Waals surface area contributed by atoms with E-state index in [0.29, 0.717) is 12.3 Å². The first-order valence-corrected chi connectivity index (χ1v) is 4.68. The monoisotopic (exact) mass is 227 g/mol. The Hall–Kier alpha value is -1.60. The zero-order valence-corrected chi connectivity index (χ0v) is 8.42. The number of alkyl halides is 1. The molecule has 0 amide bonds. The Morgan fingerprint density at radius 1 is 1.53 bits per heavy atom. The fraction of sp³-hybridized carbons (Fsp3) is 0.200. The molecule has 0 saturated carbocycles. The third-order valence-electron chi connectivity index (χ3n) is 1.61. The first-order valence-electron chi connectivity index (χ1n) is 4.14. The lowest BCUT2D eigenvalue weighted by Gasteiger charge is -1.95. The first-order chi connectivity index (χ1) is 7.16. The molecule has 1 aromatic carbocycles. The molecule has 0 aliphatic carbocycles. The molecule has 0 radical (unpaired) electrons. The van der Waals surface area contributed by atoms with Gasteiger partial charge in [-0.05, 0) is 12.1 Å². The summed E-state index contributed by atoms with van der Waals surface area (Å²) in [5, 5.41) is 10.5. The summed E-state index contributed by atoms with van der Waals surface area (Å²) in [5.74, 6) is 4.61. The molecule has 0 atom stereocenters. The van der Waals surface area contributed by atoms with Gasteiger partial charge in [0.2, 0.25) is 5.82 Å². The van der Waals surface area contributed by atoms with Crippen molar-refractivity contribution < 1.29 is 9.31 Å². The van der Waals surface area contributed by atoms with Crippen molar-refractivity contribution in [2.75, 3.05) is 5.88 Å². The van der Waals surface area contributed by atoms with E-state index in [0.717, 1.165) is 6.07 Å². The molecule has 0 aliphatic rings. The highest BCUT2D eigenvalue weighted by atomic mass is 35.5. The Morgan fingerprint density at radius 3 is 2.87 bits per heavy atom. The summed E-state index contributed by atoms with van der Waals surface area (Å²) in [6, 6.07) is 3.82. The summed E-state index contributed by atoms with van der Waals surface area (Å²) >= 11 is 5.39. The second kappa shape index (κ2) is 5.32. The van der Waals surface area contributed by atoms with E-state index in [1.807, 2.05) is 0 Å². The van der Waals surface area contributed by atoms with Crippen LogP contribution in [0.4, 0.5) is 10.1 Å². The van der Waals surface area contributed by atoms with Crippen molar-refractivity contribution in [1.29, 1.82) is 0 Å². The van der Waals surface area contributed by atoms with Gasteiger partial charge in [0, 0.05) is 12.3 Å². The molecule has 0 saturated heterocycles. The van der Waals surface area contributed by atoms with Crippen molar-refractivity contribution in [2.24, 2.45) is 0 Å². The minimum absolute atomic E-state index is 0.0742. The predicted molar refractivity (Wildman–Crippen MR) is 55.3 cm³/mol. The van der Waals surface area contributed by atoms with Gasteiger partial charge in [0.15, 0.2) is 0 Å². The lowest BCUT2D eigenvalue weighted by Crippen LogP contribution is -1.95. The van der Waals surface area contributed by atoms with E-state index in [9.17, 15) is 14.5 Å². The zero-order valence-electron chi connectivity index (χ0n) is 7.67. The van der Waals surface area contributed by atoms with E-state index < -0.39 is 16.4 Å². The third kappa shape index (κ3) is 2.93. The Labute approximate surface area is 91.0 Å². The molecule has 78 valence electrons. The average Bonchev–Trinajstić information content (AvgIpc) is 2.17. The van der Waals surface area contributed by atoms with E-state index in [1.165, 1.54) is 12.1 Å². The van der Waals surface area contributed by atoms with Crippen LogP contribution < -0.4 is 0 Å². The molecule has 0 bridgehead atoms. The lowest BCUT2D eigenvalue weighted by atomic mass is 10.2. The van der Waals surface area contributed by atoms with Crippen LogP contribution in [-0.4, -0.2) is 10.8 Å². The van der Waals surface area contributed by atoms with Crippen LogP contribution >= 0.6 is 11.6 Å². The Balaban J connectivity index is 3.13. The molecule has 0 heterocycles. The van der Waals surface area contributed by atoms with E-state index >= 15 is 0 Å². The summed E-state index contributed by atoms with van der Waals surface area (Å²) in [6.07, 6.45) is 0.412. The van der Waals surface area contributed by atoms with Gasteiger partial charge in [-0.2, -0.15) is 4.39 Å². The lowest BCUT2D eigenvalue weighted by molar-refractivity contribution is -0.387. The largest absolute Gasteiger partial charge is 0.320 e. The van der Waals surface area contributed by atoms with Crippen LogP contribution in [0.2, 0.25) is 0 Å². The van der Waals surface area contributed by atoms with Gasteiger partial charge in [-0.25, -0.2) is 0 Å².